The zero-order valence-electron chi connectivity index (χ0n) is 13.5. The van der Waals surface area contributed by atoms with Gasteiger partial charge in [-0.15, -0.1) is 0 Å². The Labute approximate surface area is 146 Å². The number of halogens is 1. The van der Waals surface area contributed by atoms with E-state index in [1.54, 1.807) is 12.7 Å². The molecule has 3 heterocycles. The summed E-state index contributed by atoms with van der Waals surface area (Å²) < 4.78 is 13.2. The van der Waals surface area contributed by atoms with Gasteiger partial charge in [0.25, 0.3) is 0 Å². The minimum absolute atomic E-state index is 0.558. The first-order valence-electron chi connectivity index (χ1n) is 8.41. The van der Waals surface area contributed by atoms with Crippen molar-refractivity contribution in [2.24, 2.45) is 5.92 Å². The minimum atomic E-state index is 0.558. The van der Waals surface area contributed by atoms with E-state index in [0.717, 1.165) is 31.9 Å². The molecular weight excluding hydrogens is 328 g/mol. The molecule has 1 fully saturated rings. The number of likely N-dealkylation sites (tertiary alicyclic amines) is 1. The lowest BCUT2D eigenvalue weighted by molar-refractivity contribution is 0.151. The predicted octanol–water partition coefficient (Wildman–Crippen LogP) is 2.61. The normalized spacial score (nSPS) is 21.0. The first-order chi connectivity index (χ1) is 11.8. The molecule has 0 unspecified atom stereocenters. The van der Waals surface area contributed by atoms with Crippen LogP contribution in [0, 0.1) is 5.92 Å². The Hall–Kier alpha value is -1.79. The second-order valence-electron chi connectivity index (χ2n) is 6.46. The molecule has 4 rings (SSSR count). The van der Waals surface area contributed by atoms with Gasteiger partial charge in [0.2, 0.25) is 0 Å². The van der Waals surface area contributed by atoms with Crippen molar-refractivity contribution >= 4 is 11.6 Å². The largest absolute Gasteiger partial charge is 0.486 e. The average molecular weight is 349 g/mol. The first kappa shape index (κ1) is 15.7. The molecule has 0 amide bonds. The second-order valence-corrected chi connectivity index (χ2v) is 6.87. The quantitative estimate of drug-likeness (QED) is 0.850. The molecule has 0 bridgehead atoms. The van der Waals surface area contributed by atoms with Crippen LogP contribution in [0.1, 0.15) is 18.4 Å². The third-order valence-electron chi connectivity index (χ3n) is 4.58. The Morgan fingerprint density at radius 3 is 3.04 bits per heavy atom. The van der Waals surface area contributed by atoms with Crippen molar-refractivity contribution in [1.82, 2.24) is 19.7 Å². The summed E-state index contributed by atoms with van der Waals surface area (Å²) in [6.07, 6.45) is 5.83. The molecule has 1 aromatic carbocycles. The number of aromatic nitrogens is 3. The summed E-state index contributed by atoms with van der Waals surface area (Å²) in [4.78, 5) is 6.50. The van der Waals surface area contributed by atoms with E-state index in [0.29, 0.717) is 29.9 Å². The van der Waals surface area contributed by atoms with E-state index in [9.17, 15) is 0 Å². The Kier molecular flexibility index (Phi) is 4.58. The number of rotatable bonds is 4. The molecular formula is C17H21ClN4O2. The van der Waals surface area contributed by atoms with Crippen molar-refractivity contribution in [1.29, 1.82) is 0 Å². The van der Waals surface area contributed by atoms with Crippen molar-refractivity contribution in [3.8, 4) is 11.5 Å². The topological polar surface area (TPSA) is 52.4 Å². The van der Waals surface area contributed by atoms with Gasteiger partial charge in [0, 0.05) is 19.6 Å². The molecule has 0 spiro atoms. The van der Waals surface area contributed by atoms with E-state index in [1.807, 2.05) is 10.7 Å². The van der Waals surface area contributed by atoms with Crippen LogP contribution in [-0.2, 0) is 13.1 Å². The predicted molar refractivity (Wildman–Crippen MR) is 90.5 cm³/mol. The molecule has 2 aliphatic heterocycles. The lowest BCUT2D eigenvalue weighted by Gasteiger charge is -2.33. The molecule has 128 valence electrons. The van der Waals surface area contributed by atoms with E-state index < -0.39 is 0 Å². The minimum Gasteiger partial charge on any atom is -0.486 e. The highest BCUT2D eigenvalue weighted by molar-refractivity contribution is 6.32. The first-order valence-corrected chi connectivity index (χ1v) is 8.78. The highest BCUT2D eigenvalue weighted by Gasteiger charge is 2.22. The molecule has 6 nitrogen and oxygen atoms in total. The molecule has 0 aliphatic carbocycles. The fraction of sp³-hybridized carbons (Fsp3) is 0.529. The molecule has 0 saturated carbocycles. The maximum atomic E-state index is 6.35. The zero-order valence-corrected chi connectivity index (χ0v) is 14.3. The third kappa shape index (κ3) is 3.49. The van der Waals surface area contributed by atoms with Crippen LogP contribution < -0.4 is 9.47 Å². The molecule has 2 aliphatic rings. The maximum Gasteiger partial charge on any atom is 0.179 e. The van der Waals surface area contributed by atoms with Crippen LogP contribution in [0.25, 0.3) is 0 Å². The van der Waals surface area contributed by atoms with Crippen molar-refractivity contribution in [3.05, 3.63) is 35.4 Å². The Morgan fingerprint density at radius 1 is 1.25 bits per heavy atom. The lowest BCUT2D eigenvalue weighted by Crippen LogP contribution is -2.36. The zero-order chi connectivity index (χ0) is 16.4. The fourth-order valence-corrected chi connectivity index (χ4v) is 3.84. The number of nitrogens with zero attached hydrogens (tertiary/aromatic N) is 4. The molecule has 1 aromatic heterocycles. The van der Waals surface area contributed by atoms with E-state index in [-0.39, 0.29) is 0 Å². The van der Waals surface area contributed by atoms with E-state index >= 15 is 0 Å². The van der Waals surface area contributed by atoms with Gasteiger partial charge in [-0.3, -0.25) is 9.58 Å². The Morgan fingerprint density at radius 2 is 2.17 bits per heavy atom. The van der Waals surface area contributed by atoms with Gasteiger partial charge in [-0.1, -0.05) is 11.6 Å². The third-order valence-corrected chi connectivity index (χ3v) is 4.86. The summed E-state index contributed by atoms with van der Waals surface area (Å²) >= 11 is 6.35. The van der Waals surface area contributed by atoms with Gasteiger partial charge in [0.1, 0.15) is 25.9 Å². The van der Waals surface area contributed by atoms with Crippen molar-refractivity contribution in [3.63, 3.8) is 0 Å². The number of hydrogen-bond donors (Lipinski definition) is 0. The van der Waals surface area contributed by atoms with Crippen LogP contribution in [0.15, 0.2) is 24.8 Å². The lowest BCUT2D eigenvalue weighted by atomic mass is 9.97. The Bertz CT molecular complexity index is 692. The number of benzene rings is 1. The summed E-state index contributed by atoms with van der Waals surface area (Å²) in [6, 6.07) is 4.05. The standard InChI is InChI=1S/C17H21ClN4O2/c18-15-6-14(7-16-17(15)24-5-4-23-16)9-21-3-1-2-13(8-21)10-22-12-19-11-20-22/h6-7,11-13H,1-5,8-10H2/t13-/m0/s1. The number of hydrogen-bond acceptors (Lipinski definition) is 5. The summed E-state index contributed by atoms with van der Waals surface area (Å²) in [5.74, 6) is 2.04. The number of fused-ring (bicyclic) bond motifs is 1. The molecule has 1 saturated heterocycles. The van der Waals surface area contributed by atoms with Crippen LogP contribution in [0.3, 0.4) is 0 Å². The van der Waals surface area contributed by atoms with Gasteiger partial charge in [-0.2, -0.15) is 5.10 Å². The van der Waals surface area contributed by atoms with E-state index in [2.05, 4.69) is 21.0 Å². The molecule has 0 N–H and O–H groups in total. The Balaban J connectivity index is 1.42. The molecule has 7 heteroatoms. The van der Waals surface area contributed by atoms with Crippen molar-refractivity contribution in [2.75, 3.05) is 26.3 Å². The van der Waals surface area contributed by atoms with E-state index in [4.69, 9.17) is 21.1 Å². The van der Waals surface area contributed by atoms with Crippen LogP contribution in [0.2, 0.25) is 5.02 Å². The average Bonchev–Trinajstić information content (AvgIpc) is 3.08. The number of piperidine rings is 1. The van der Waals surface area contributed by atoms with Gasteiger partial charge in [-0.05, 0) is 43.0 Å². The molecule has 2 aromatic rings. The summed E-state index contributed by atoms with van der Waals surface area (Å²) in [6.45, 7) is 5.12. The van der Waals surface area contributed by atoms with Gasteiger partial charge >= 0.3 is 0 Å². The summed E-state index contributed by atoms with van der Waals surface area (Å²) in [5.41, 5.74) is 1.17. The highest BCUT2D eigenvalue weighted by atomic mass is 35.5. The van der Waals surface area contributed by atoms with Gasteiger partial charge in [-0.25, -0.2) is 4.98 Å². The molecule has 1 atom stereocenters. The summed E-state index contributed by atoms with van der Waals surface area (Å²) in [5, 5.41) is 4.86. The maximum absolute atomic E-state index is 6.35. The van der Waals surface area contributed by atoms with Crippen LogP contribution in [0.5, 0.6) is 11.5 Å². The van der Waals surface area contributed by atoms with Gasteiger partial charge < -0.3 is 9.47 Å². The fourth-order valence-electron chi connectivity index (χ4n) is 3.55. The van der Waals surface area contributed by atoms with Crippen LogP contribution in [-0.4, -0.2) is 46.0 Å². The molecule has 24 heavy (non-hydrogen) atoms. The van der Waals surface area contributed by atoms with E-state index in [1.165, 1.54) is 18.4 Å². The van der Waals surface area contributed by atoms with Gasteiger partial charge in [0.05, 0.1) is 5.02 Å². The van der Waals surface area contributed by atoms with Crippen molar-refractivity contribution in [2.45, 2.75) is 25.9 Å². The van der Waals surface area contributed by atoms with Crippen LogP contribution in [0.4, 0.5) is 0 Å². The number of ether oxygens (including phenoxy) is 2. The smallest absolute Gasteiger partial charge is 0.179 e. The van der Waals surface area contributed by atoms with Crippen molar-refractivity contribution < 1.29 is 9.47 Å². The highest BCUT2D eigenvalue weighted by Crippen LogP contribution is 2.38. The second kappa shape index (κ2) is 6.99. The monoisotopic (exact) mass is 348 g/mol. The summed E-state index contributed by atoms with van der Waals surface area (Å²) in [7, 11) is 0. The SMILES string of the molecule is Clc1cc(CN2CCC[C@H](Cn3cncn3)C2)cc2c1OCCO2. The van der Waals surface area contributed by atoms with Crippen LogP contribution >= 0.6 is 11.6 Å². The van der Waals surface area contributed by atoms with Gasteiger partial charge in [0.15, 0.2) is 11.5 Å². The molecule has 0 radical (unpaired) electrons.